The molecule has 2 heterocycles. The zero-order valence-corrected chi connectivity index (χ0v) is 13.8. The van der Waals surface area contributed by atoms with E-state index >= 15 is 0 Å². The first kappa shape index (κ1) is 15.4. The van der Waals surface area contributed by atoms with E-state index < -0.39 is 0 Å². The molecule has 2 aliphatic heterocycles. The molecule has 0 radical (unpaired) electrons. The van der Waals surface area contributed by atoms with Crippen LogP contribution in [-0.2, 0) is 17.8 Å². The summed E-state index contributed by atoms with van der Waals surface area (Å²) in [4.78, 5) is 27.0. The molecule has 0 aliphatic carbocycles. The van der Waals surface area contributed by atoms with Crippen LogP contribution in [0.1, 0.15) is 28.4 Å². The molecule has 0 spiro atoms. The van der Waals surface area contributed by atoms with Gasteiger partial charge in [0, 0.05) is 42.2 Å². The monoisotopic (exact) mass is 339 g/mol. The van der Waals surface area contributed by atoms with Crippen LogP contribution < -0.4 is 9.80 Å². The SMILES string of the molecule is CCOC(=O)c1ccc2c(c1)CN1CN2Cc2cc([N+](=O)[O-])ccc21. The van der Waals surface area contributed by atoms with E-state index in [1.54, 1.807) is 25.1 Å². The molecule has 0 atom stereocenters. The second-order valence-electron chi connectivity index (χ2n) is 6.17. The Morgan fingerprint density at radius 3 is 2.40 bits per heavy atom. The summed E-state index contributed by atoms with van der Waals surface area (Å²) in [6.45, 7) is 4.13. The lowest BCUT2D eigenvalue weighted by molar-refractivity contribution is -0.384. The van der Waals surface area contributed by atoms with Crippen molar-refractivity contribution >= 4 is 23.0 Å². The number of esters is 1. The fourth-order valence-electron chi connectivity index (χ4n) is 3.52. The molecule has 0 amide bonds. The second kappa shape index (κ2) is 5.77. The molecule has 7 heteroatoms. The van der Waals surface area contributed by atoms with Gasteiger partial charge in [-0.05, 0) is 36.8 Å². The third-order valence-corrected chi connectivity index (χ3v) is 4.61. The molecule has 2 aromatic carbocycles. The van der Waals surface area contributed by atoms with Gasteiger partial charge in [0.15, 0.2) is 0 Å². The molecule has 2 aromatic rings. The number of carbonyl (C=O) groups excluding carboxylic acids is 1. The highest BCUT2D eigenvalue weighted by Crippen LogP contribution is 2.39. The van der Waals surface area contributed by atoms with E-state index in [1.165, 1.54) is 0 Å². The van der Waals surface area contributed by atoms with Gasteiger partial charge in [0.2, 0.25) is 0 Å². The highest BCUT2D eigenvalue weighted by atomic mass is 16.6. The maximum Gasteiger partial charge on any atom is 0.338 e. The van der Waals surface area contributed by atoms with E-state index in [0.29, 0.717) is 25.3 Å². The molecule has 0 aromatic heterocycles. The normalized spacial score (nSPS) is 14.6. The number of ether oxygens (including phenoxy) is 1. The summed E-state index contributed by atoms with van der Waals surface area (Å²) >= 11 is 0. The van der Waals surface area contributed by atoms with Crippen LogP contribution >= 0.6 is 0 Å². The zero-order chi connectivity index (χ0) is 17.6. The average molecular weight is 339 g/mol. The highest BCUT2D eigenvalue weighted by molar-refractivity contribution is 5.90. The van der Waals surface area contributed by atoms with Crippen LogP contribution in [0.25, 0.3) is 0 Å². The first-order valence-corrected chi connectivity index (χ1v) is 8.14. The number of fused-ring (bicyclic) bond motifs is 6. The summed E-state index contributed by atoms with van der Waals surface area (Å²) in [7, 11) is 0. The van der Waals surface area contributed by atoms with Crippen LogP contribution in [-0.4, -0.2) is 24.2 Å². The number of benzene rings is 2. The van der Waals surface area contributed by atoms with Crippen LogP contribution in [0.5, 0.6) is 0 Å². The average Bonchev–Trinajstić information content (AvgIpc) is 2.61. The lowest BCUT2D eigenvalue weighted by Gasteiger charge is -2.44. The van der Waals surface area contributed by atoms with Crippen molar-refractivity contribution in [3.63, 3.8) is 0 Å². The van der Waals surface area contributed by atoms with E-state index in [4.69, 9.17) is 4.74 Å². The molecule has 25 heavy (non-hydrogen) atoms. The Kier molecular flexibility index (Phi) is 3.56. The van der Waals surface area contributed by atoms with Crippen LogP contribution in [0, 0.1) is 10.1 Å². The number of hydrogen-bond donors (Lipinski definition) is 0. The Morgan fingerprint density at radius 2 is 1.76 bits per heavy atom. The summed E-state index contributed by atoms with van der Waals surface area (Å²) in [6.07, 6.45) is 0. The Hall–Kier alpha value is -3.09. The molecule has 0 fully saturated rings. The third-order valence-electron chi connectivity index (χ3n) is 4.61. The molecular weight excluding hydrogens is 322 g/mol. The smallest absolute Gasteiger partial charge is 0.338 e. The molecule has 7 nitrogen and oxygen atoms in total. The van der Waals surface area contributed by atoms with Gasteiger partial charge in [-0.15, -0.1) is 0 Å². The van der Waals surface area contributed by atoms with Crippen molar-refractivity contribution < 1.29 is 14.5 Å². The number of non-ortho nitro benzene ring substituents is 1. The van der Waals surface area contributed by atoms with Gasteiger partial charge in [-0.1, -0.05) is 0 Å². The van der Waals surface area contributed by atoms with Crippen LogP contribution in [0.2, 0.25) is 0 Å². The predicted molar refractivity (Wildman–Crippen MR) is 92.7 cm³/mol. The van der Waals surface area contributed by atoms with Crippen LogP contribution in [0.3, 0.4) is 0 Å². The Labute approximate surface area is 144 Å². The van der Waals surface area contributed by atoms with Gasteiger partial charge in [-0.3, -0.25) is 10.1 Å². The summed E-state index contributed by atoms with van der Waals surface area (Å²) in [6, 6.07) is 10.6. The largest absolute Gasteiger partial charge is 0.462 e. The predicted octanol–water partition coefficient (Wildman–Crippen LogP) is 3.07. The van der Waals surface area contributed by atoms with Gasteiger partial charge >= 0.3 is 5.97 Å². The molecule has 2 bridgehead atoms. The van der Waals surface area contributed by atoms with Gasteiger partial charge in [0.1, 0.15) is 0 Å². The van der Waals surface area contributed by atoms with E-state index in [9.17, 15) is 14.9 Å². The maximum atomic E-state index is 12.0. The summed E-state index contributed by atoms with van der Waals surface area (Å²) in [5, 5.41) is 11.0. The molecule has 0 saturated heterocycles. The lowest BCUT2D eigenvalue weighted by Crippen LogP contribution is -2.46. The van der Waals surface area contributed by atoms with E-state index in [2.05, 4.69) is 9.80 Å². The van der Waals surface area contributed by atoms with Crippen LogP contribution in [0.4, 0.5) is 17.1 Å². The molecule has 0 saturated carbocycles. The highest BCUT2D eigenvalue weighted by Gasteiger charge is 2.30. The molecular formula is C18H17N3O4. The van der Waals surface area contributed by atoms with Crippen molar-refractivity contribution in [1.82, 2.24) is 0 Å². The summed E-state index contributed by atoms with van der Waals surface area (Å²) < 4.78 is 5.07. The number of nitro groups is 1. The summed E-state index contributed by atoms with van der Waals surface area (Å²) in [5.74, 6) is -0.318. The Bertz CT molecular complexity index is 881. The minimum Gasteiger partial charge on any atom is -0.462 e. The maximum absolute atomic E-state index is 12.0. The topological polar surface area (TPSA) is 75.9 Å². The van der Waals surface area contributed by atoms with Crippen LogP contribution in [0.15, 0.2) is 36.4 Å². The van der Waals surface area contributed by atoms with Gasteiger partial charge < -0.3 is 14.5 Å². The van der Waals surface area contributed by atoms with Gasteiger partial charge in [0.05, 0.1) is 23.8 Å². The number of anilines is 2. The summed E-state index contributed by atoms with van der Waals surface area (Å²) in [5.41, 5.74) is 4.72. The van der Waals surface area contributed by atoms with Gasteiger partial charge in [-0.25, -0.2) is 4.79 Å². The van der Waals surface area contributed by atoms with Gasteiger partial charge in [-0.2, -0.15) is 0 Å². The quantitative estimate of drug-likeness (QED) is 0.486. The van der Waals surface area contributed by atoms with Crippen molar-refractivity contribution in [2.24, 2.45) is 0 Å². The number of carbonyl (C=O) groups is 1. The number of hydrogen-bond acceptors (Lipinski definition) is 6. The standard InChI is InChI=1S/C18H17N3O4/c1-2-25-18(22)12-3-5-16-13(7-12)9-19-11-20(16)10-14-8-15(21(23)24)4-6-17(14)19/h3-8H,2,9-11H2,1H3. The second-order valence-corrected chi connectivity index (χ2v) is 6.17. The lowest BCUT2D eigenvalue weighted by atomic mass is 9.99. The molecule has 128 valence electrons. The van der Waals surface area contributed by atoms with Crippen molar-refractivity contribution in [1.29, 1.82) is 0 Å². The van der Waals surface area contributed by atoms with Crippen molar-refractivity contribution in [3.05, 3.63) is 63.2 Å². The fraction of sp³-hybridized carbons (Fsp3) is 0.278. The Morgan fingerprint density at radius 1 is 1.12 bits per heavy atom. The Balaban J connectivity index is 1.69. The molecule has 0 N–H and O–H groups in total. The van der Waals surface area contributed by atoms with Crippen molar-refractivity contribution in [2.75, 3.05) is 23.1 Å². The van der Waals surface area contributed by atoms with E-state index in [1.807, 2.05) is 18.2 Å². The van der Waals surface area contributed by atoms with Crippen molar-refractivity contribution in [2.45, 2.75) is 20.0 Å². The van der Waals surface area contributed by atoms with Gasteiger partial charge in [0.25, 0.3) is 5.69 Å². The minimum absolute atomic E-state index is 0.110. The first-order valence-electron chi connectivity index (χ1n) is 8.14. The number of rotatable bonds is 3. The molecule has 2 aliphatic rings. The number of nitrogens with zero attached hydrogens (tertiary/aromatic N) is 3. The minimum atomic E-state index is -0.366. The molecule has 4 rings (SSSR count). The molecule has 0 unspecified atom stereocenters. The number of nitro benzene ring substituents is 1. The van der Waals surface area contributed by atoms with E-state index in [-0.39, 0.29) is 16.6 Å². The zero-order valence-electron chi connectivity index (χ0n) is 13.8. The van der Waals surface area contributed by atoms with E-state index in [0.717, 1.165) is 29.2 Å². The fourth-order valence-corrected chi connectivity index (χ4v) is 3.52. The third kappa shape index (κ3) is 2.57. The van der Waals surface area contributed by atoms with Crippen molar-refractivity contribution in [3.8, 4) is 0 Å². The first-order chi connectivity index (χ1) is 12.1.